The first kappa shape index (κ1) is 21.7. The molecule has 1 heterocycles. The topological polar surface area (TPSA) is 57.1 Å². The summed E-state index contributed by atoms with van der Waals surface area (Å²) in [5.41, 5.74) is 3.78. The summed E-state index contributed by atoms with van der Waals surface area (Å²) >= 11 is 6.19. The van der Waals surface area contributed by atoms with Crippen molar-refractivity contribution in [1.82, 2.24) is 0 Å². The van der Waals surface area contributed by atoms with Gasteiger partial charge in [-0.15, -0.1) is 0 Å². The number of cyclic esters (lactones) is 1. The van der Waals surface area contributed by atoms with Gasteiger partial charge >= 0.3 is 5.97 Å². The van der Waals surface area contributed by atoms with Crippen LogP contribution < -0.4 is 9.47 Å². The van der Waals surface area contributed by atoms with Gasteiger partial charge in [-0.2, -0.15) is 0 Å². The molecule has 0 saturated heterocycles. The molecule has 0 N–H and O–H groups in total. The van der Waals surface area contributed by atoms with Crippen LogP contribution in [0.5, 0.6) is 11.5 Å². The lowest BCUT2D eigenvalue weighted by Crippen LogP contribution is -2.05. The second kappa shape index (κ2) is 9.71. The van der Waals surface area contributed by atoms with Crippen LogP contribution in [0, 0.1) is 6.92 Å². The van der Waals surface area contributed by atoms with E-state index in [9.17, 15) is 4.79 Å². The molecule has 0 unspecified atom stereocenters. The number of hydrogen-bond donors (Lipinski definition) is 0. The van der Waals surface area contributed by atoms with Crippen molar-refractivity contribution in [3.8, 4) is 11.5 Å². The summed E-state index contributed by atoms with van der Waals surface area (Å²) in [5, 5.41) is 0.467. The van der Waals surface area contributed by atoms with Crippen LogP contribution in [0.25, 0.3) is 6.08 Å². The van der Waals surface area contributed by atoms with Crippen molar-refractivity contribution >= 4 is 29.5 Å². The summed E-state index contributed by atoms with van der Waals surface area (Å²) < 4.78 is 17.1. The summed E-state index contributed by atoms with van der Waals surface area (Å²) in [4.78, 5) is 16.7. The van der Waals surface area contributed by atoms with Gasteiger partial charge in [-0.25, -0.2) is 9.79 Å². The largest absolute Gasteiger partial charge is 0.490 e. The molecule has 0 atom stereocenters. The molecule has 162 valence electrons. The minimum Gasteiger partial charge on any atom is -0.490 e. The Labute approximate surface area is 191 Å². The summed E-state index contributed by atoms with van der Waals surface area (Å²) in [7, 11) is 0. The van der Waals surface area contributed by atoms with Crippen molar-refractivity contribution in [2.75, 3.05) is 6.61 Å². The van der Waals surface area contributed by atoms with Crippen molar-refractivity contribution in [2.45, 2.75) is 20.5 Å². The first-order valence-corrected chi connectivity index (χ1v) is 10.6. The number of aryl methyl sites for hydroxylation is 1. The highest BCUT2D eigenvalue weighted by molar-refractivity contribution is 6.34. The van der Waals surface area contributed by atoms with Gasteiger partial charge in [0.15, 0.2) is 17.2 Å². The Balaban J connectivity index is 1.58. The van der Waals surface area contributed by atoms with E-state index in [1.807, 2.05) is 49.4 Å². The molecule has 0 fully saturated rings. The molecule has 32 heavy (non-hydrogen) atoms. The van der Waals surface area contributed by atoms with E-state index in [1.54, 1.807) is 24.3 Å². The molecule has 3 aromatic rings. The van der Waals surface area contributed by atoms with E-state index < -0.39 is 5.97 Å². The Hall–Kier alpha value is -3.57. The number of ether oxygens (including phenoxy) is 3. The van der Waals surface area contributed by atoms with Crippen molar-refractivity contribution in [3.63, 3.8) is 0 Å². The molecular formula is C26H22ClNO4. The molecular weight excluding hydrogens is 426 g/mol. The third-order valence-electron chi connectivity index (χ3n) is 4.94. The van der Waals surface area contributed by atoms with Gasteiger partial charge in [-0.05, 0) is 60.9 Å². The molecule has 6 heteroatoms. The van der Waals surface area contributed by atoms with Gasteiger partial charge in [0.2, 0.25) is 5.90 Å². The lowest BCUT2D eigenvalue weighted by Gasteiger charge is -2.13. The van der Waals surface area contributed by atoms with Crippen LogP contribution in [-0.2, 0) is 16.1 Å². The Morgan fingerprint density at radius 3 is 2.56 bits per heavy atom. The third kappa shape index (κ3) is 4.84. The SMILES string of the molecule is CCOc1cc(/C=C2\N=C(c3ccccc3Cl)OC2=O)ccc1OCc1ccccc1C. The number of rotatable bonds is 7. The normalized spacial score (nSPS) is 14.3. The molecule has 0 bridgehead atoms. The summed E-state index contributed by atoms with van der Waals surface area (Å²) in [6.45, 7) is 4.88. The Bertz CT molecular complexity index is 1220. The third-order valence-corrected chi connectivity index (χ3v) is 5.27. The summed E-state index contributed by atoms with van der Waals surface area (Å²) in [5.74, 6) is 0.886. The van der Waals surface area contributed by atoms with Gasteiger partial charge < -0.3 is 14.2 Å². The van der Waals surface area contributed by atoms with Gasteiger partial charge in [-0.1, -0.05) is 54.1 Å². The molecule has 3 aromatic carbocycles. The van der Waals surface area contributed by atoms with E-state index in [4.69, 9.17) is 25.8 Å². The maximum atomic E-state index is 12.3. The Morgan fingerprint density at radius 2 is 1.78 bits per heavy atom. The molecule has 0 spiro atoms. The van der Waals surface area contributed by atoms with Crippen molar-refractivity contribution in [1.29, 1.82) is 0 Å². The summed E-state index contributed by atoms with van der Waals surface area (Å²) in [6.07, 6.45) is 1.65. The number of esters is 1. The molecule has 4 rings (SSSR count). The molecule has 0 aliphatic carbocycles. The van der Waals surface area contributed by atoms with Crippen LogP contribution in [0.3, 0.4) is 0 Å². The van der Waals surface area contributed by atoms with E-state index in [0.29, 0.717) is 35.3 Å². The fraction of sp³-hybridized carbons (Fsp3) is 0.154. The van der Waals surface area contributed by atoms with Gasteiger partial charge in [0, 0.05) is 0 Å². The standard InChI is InChI=1S/C26H22ClNO4/c1-3-30-24-15-18(12-13-23(24)31-16-19-9-5-4-8-17(19)2)14-22-26(29)32-25(28-22)20-10-6-7-11-21(20)27/h4-15H,3,16H2,1-2H3/b22-14-. The zero-order valence-electron chi connectivity index (χ0n) is 17.8. The quantitative estimate of drug-likeness (QED) is 0.330. The predicted molar refractivity (Wildman–Crippen MR) is 125 cm³/mol. The highest BCUT2D eigenvalue weighted by atomic mass is 35.5. The van der Waals surface area contributed by atoms with E-state index >= 15 is 0 Å². The van der Waals surface area contributed by atoms with Crippen LogP contribution in [0.2, 0.25) is 5.02 Å². The minimum atomic E-state index is -0.530. The van der Waals surface area contributed by atoms with E-state index in [2.05, 4.69) is 18.0 Å². The van der Waals surface area contributed by atoms with Crippen molar-refractivity contribution < 1.29 is 19.0 Å². The van der Waals surface area contributed by atoms with Crippen LogP contribution in [0.4, 0.5) is 0 Å². The second-order valence-corrected chi connectivity index (χ2v) is 7.58. The van der Waals surface area contributed by atoms with Gasteiger partial charge in [0.25, 0.3) is 0 Å². The average molecular weight is 448 g/mol. The van der Waals surface area contributed by atoms with Crippen LogP contribution >= 0.6 is 11.6 Å². The van der Waals surface area contributed by atoms with E-state index in [1.165, 1.54) is 5.56 Å². The van der Waals surface area contributed by atoms with E-state index in [-0.39, 0.29) is 11.6 Å². The number of hydrogen-bond acceptors (Lipinski definition) is 5. The van der Waals surface area contributed by atoms with E-state index in [0.717, 1.165) is 11.1 Å². The maximum absolute atomic E-state index is 12.3. The Kier molecular flexibility index (Phi) is 6.57. The molecule has 1 aliphatic heterocycles. The molecule has 5 nitrogen and oxygen atoms in total. The molecule has 0 aromatic heterocycles. The fourth-order valence-corrected chi connectivity index (χ4v) is 3.46. The first-order chi connectivity index (χ1) is 15.5. The highest BCUT2D eigenvalue weighted by Gasteiger charge is 2.25. The van der Waals surface area contributed by atoms with Crippen LogP contribution in [0.1, 0.15) is 29.2 Å². The fourth-order valence-electron chi connectivity index (χ4n) is 3.25. The highest BCUT2D eigenvalue weighted by Crippen LogP contribution is 2.31. The molecule has 0 saturated carbocycles. The number of nitrogens with zero attached hydrogens (tertiary/aromatic N) is 1. The van der Waals surface area contributed by atoms with Gasteiger partial charge in [0.05, 0.1) is 17.2 Å². The van der Waals surface area contributed by atoms with Crippen molar-refractivity contribution in [3.05, 3.63) is 99.7 Å². The summed E-state index contributed by atoms with van der Waals surface area (Å²) in [6, 6.07) is 20.7. The number of carbonyl (C=O) groups excluding carboxylic acids is 1. The smallest absolute Gasteiger partial charge is 0.363 e. The minimum absolute atomic E-state index is 0.190. The van der Waals surface area contributed by atoms with Gasteiger partial charge in [0.1, 0.15) is 6.61 Å². The van der Waals surface area contributed by atoms with Crippen LogP contribution in [-0.4, -0.2) is 18.5 Å². The molecule has 0 amide bonds. The lowest BCUT2D eigenvalue weighted by atomic mass is 10.1. The average Bonchev–Trinajstić information content (AvgIpc) is 3.14. The number of carbonyl (C=O) groups is 1. The zero-order valence-corrected chi connectivity index (χ0v) is 18.6. The van der Waals surface area contributed by atoms with Crippen LogP contribution in [0.15, 0.2) is 77.4 Å². The monoisotopic (exact) mass is 447 g/mol. The first-order valence-electron chi connectivity index (χ1n) is 10.3. The molecule has 1 aliphatic rings. The molecule has 0 radical (unpaired) electrons. The van der Waals surface area contributed by atoms with Gasteiger partial charge in [-0.3, -0.25) is 0 Å². The van der Waals surface area contributed by atoms with Crippen molar-refractivity contribution in [2.24, 2.45) is 4.99 Å². The number of aliphatic imine (C=N–C) groups is 1. The lowest BCUT2D eigenvalue weighted by molar-refractivity contribution is -0.129. The zero-order chi connectivity index (χ0) is 22.5. The number of halogens is 1. The number of benzene rings is 3. The predicted octanol–water partition coefficient (Wildman–Crippen LogP) is 5.97. The second-order valence-electron chi connectivity index (χ2n) is 7.17. The Morgan fingerprint density at radius 1 is 1.00 bits per heavy atom. The maximum Gasteiger partial charge on any atom is 0.363 e.